The van der Waals surface area contributed by atoms with Crippen molar-refractivity contribution < 1.29 is 19.2 Å². The van der Waals surface area contributed by atoms with Gasteiger partial charge < -0.3 is 10.2 Å². The Morgan fingerprint density at radius 1 is 0.925 bits per heavy atom. The lowest BCUT2D eigenvalue weighted by Gasteiger charge is -2.33. The van der Waals surface area contributed by atoms with Crippen molar-refractivity contribution in [2.75, 3.05) is 6.54 Å². The number of carbonyl (C=O) groups is 4. The lowest BCUT2D eigenvalue weighted by Crippen LogP contribution is -2.52. The molecule has 7 heteroatoms. The van der Waals surface area contributed by atoms with E-state index in [0.29, 0.717) is 19.3 Å². The Labute approximate surface area is 236 Å². The van der Waals surface area contributed by atoms with Crippen LogP contribution in [0.5, 0.6) is 0 Å². The van der Waals surface area contributed by atoms with Crippen molar-refractivity contribution in [3.8, 4) is 0 Å². The normalized spacial score (nSPS) is 21.4. The Hall–Kier alpha value is -3.74. The van der Waals surface area contributed by atoms with Gasteiger partial charge >= 0.3 is 0 Å². The molecule has 0 bridgehead atoms. The van der Waals surface area contributed by atoms with Gasteiger partial charge in [0.05, 0.1) is 11.8 Å². The van der Waals surface area contributed by atoms with Gasteiger partial charge in [-0.2, -0.15) is 0 Å². The summed E-state index contributed by atoms with van der Waals surface area (Å²) >= 11 is 0. The second-order valence-corrected chi connectivity index (χ2v) is 11.4. The maximum atomic E-state index is 14.0. The number of nitrogens with one attached hydrogen (secondary N) is 1. The Kier molecular flexibility index (Phi) is 8.78. The molecule has 1 unspecified atom stereocenters. The number of fused-ring (bicyclic) bond motifs is 1. The number of imide groups is 1. The number of hydrogen-bond acceptors (Lipinski definition) is 4. The molecule has 5 rings (SSSR count). The van der Waals surface area contributed by atoms with Crippen LogP contribution in [0.1, 0.15) is 61.6 Å². The van der Waals surface area contributed by atoms with Gasteiger partial charge in [0, 0.05) is 32.0 Å². The minimum atomic E-state index is -0.716. The van der Waals surface area contributed by atoms with Crippen molar-refractivity contribution in [3.05, 3.63) is 83.4 Å². The third kappa shape index (κ3) is 6.19. The minimum Gasteiger partial charge on any atom is -0.352 e. The Morgan fingerprint density at radius 3 is 2.20 bits per heavy atom. The fourth-order valence-electron chi connectivity index (χ4n) is 6.33. The van der Waals surface area contributed by atoms with E-state index in [-0.39, 0.29) is 61.0 Å². The van der Waals surface area contributed by atoms with Gasteiger partial charge in [-0.05, 0) is 49.3 Å². The van der Waals surface area contributed by atoms with Crippen LogP contribution in [0.25, 0.3) is 0 Å². The van der Waals surface area contributed by atoms with Crippen LogP contribution in [0.3, 0.4) is 0 Å². The first-order valence-corrected chi connectivity index (χ1v) is 14.6. The van der Waals surface area contributed by atoms with E-state index >= 15 is 0 Å². The highest BCUT2D eigenvalue weighted by Crippen LogP contribution is 2.35. The number of hydrogen-bond donors (Lipinski definition) is 1. The number of likely N-dealkylation sites (tertiary alicyclic amines) is 1. The summed E-state index contributed by atoms with van der Waals surface area (Å²) in [5.41, 5.74) is 2.97. The number of aryl methyl sites for hydroxylation is 1. The van der Waals surface area contributed by atoms with Crippen molar-refractivity contribution in [1.29, 1.82) is 0 Å². The van der Waals surface area contributed by atoms with E-state index < -0.39 is 6.04 Å². The molecular weight excluding hydrogens is 502 g/mol. The van der Waals surface area contributed by atoms with E-state index in [0.717, 1.165) is 42.4 Å². The molecule has 4 amide bonds. The third-order valence-corrected chi connectivity index (χ3v) is 8.72. The summed E-state index contributed by atoms with van der Waals surface area (Å²) in [6.45, 7) is 2.31. The van der Waals surface area contributed by atoms with Crippen molar-refractivity contribution in [1.82, 2.24) is 15.1 Å². The molecule has 0 aromatic heterocycles. The maximum Gasteiger partial charge on any atom is 0.243 e. The van der Waals surface area contributed by atoms with Crippen LogP contribution < -0.4 is 5.32 Å². The van der Waals surface area contributed by atoms with Crippen molar-refractivity contribution >= 4 is 23.6 Å². The summed E-state index contributed by atoms with van der Waals surface area (Å²) in [4.78, 5) is 56.8. The number of benzene rings is 2. The molecule has 7 nitrogen and oxygen atoms in total. The van der Waals surface area contributed by atoms with Gasteiger partial charge in [-0.1, -0.05) is 79.6 Å². The van der Waals surface area contributed by atoms with Crippen LogP contribution in [0.15, 0.2) is 66.7 Å². The van der Waals surface area contributed by atoms with E-state index in [1.165, 1.54) is 4.90 Å². The highest BCUT2D eigenvalue weighted by molar-refractivity contribution is 6.05. The monoisotopic (exact) mass is 541 g/mol. The molecule has 3 aliphatic rings. The van der Waals surface area contributed by atoms with E-state index in [1.54, 1.807) is 4.90 Å². The molecule has 1 N–H and O–H groups in total. The van der Waals surface area contributed by atoms with E-state index in [2.05, 4.69) is 5.32 Å². The molecule has 2 fully saturated rings. The first kappa shape index (κ1) is 27.8. The number of carbonyl (C=O) groups excluding carboxylic acids is 4. The summed E-state index contributed by atoms with van der Waals surface area (Å²) in [5, 5.41) is 3.22. The first-order valence-electron chi connectivity index (χ1n) is 14.6. The largest absolute Gasteiger partial charge is 0.352 e. The molecule has 1 aliphatic heterocycles. The second-order valence-electron chi connectivity index (χ2n) is 11.4. The number of allylic oxidation sites excluding steroid dienone is 2. The SMILES string of the molecule is Cc1ccccc1CN(C(=O)CCN1C(=O)[C@H]2CC=CC[C@H]2C1=O)C(Cc1ccccc1)C(=O)NC1CCCC1. The molecule has 1 heterocycles. The van der Waals surface area contributed by atoms with Gasteiger partial charge in [0.2, 0.25) is 23.6 Å². The van der Waals surface area contributed by atoms with Crippen molar-refractivity contribution in [3.63, 3.8) is 0 Å². The average molecular weight is 542 g/mol. The van der Waals surface area contributed by atoms with Gasteiger partial charge in [0.1, 0.15) is 6.04 Å². The molecule has 2 aromatic carbocycles. The lowest BCUT2D eigenvalue weighted by atomic mass is 9.85. The van der Waals surface area contributed by atoms with Gasteiger partial charge in [0.15, 0.2) is 0 Å². The summed E-state index contributed by atoms with van der Waals surface area (Å²) in [6.07, 6.45) is 9.51. The van der Waals surface area contributed by atoms with Gasteiger partial charge in [-0.3, -0.25) is 24.1 Å². The lowest BCUT2D eigenvalue weighted by molar-refractivity contribution is -0.144. The topological polar surface area (TPSA) is 86.8 Å². The van der Waals surface area contributed by atoms with Crippen molar-refractivity contribution in [2.24, 2.45) is 11.8 Å². The van der Waals surface area contributed by atoms with Crippen LogP contribution in [0.2, 0.25) is 0 Å². The molecule has 0 spiro atoms. The quantitative estimate of drug-likeness (QED) is 0.358. The second kappa shape index (κ2) is 12.6. The van der Waals surface area contributed by atoms with Crippen LogP contribution in [0, 0.1) is 18.8 Å². The highest BCUT2D eigenvalue weighted by Gasteiger charge is 2.47. The van der Waals surface area contributed by atoms with Gasteiger partial charge in [0.25, 0.3) is 0 Å². The van der Waals surface area contributed by atoms with Gasteiger partial charge in [-0.25, -0.2) is 0 Å². The molecule has 2 aliphatic carbocycles. The zero-order chi connectivity index (χ0) is 28.1. The fourth-order valence-corrected chi connectivity index (χ4v) is 6.33. The highest BCUT2D eigenvalue weighted by atomic mass is 16.2. The van der Waals surface area contributed by atoms with Crippen molar-refractivity contribution in [2.45, 2.75) is 76.9 Å². The zero-order valence-electron chi connectivity index (χ0n) is 23.3. The standard InChI is InChI=1S/C33H39N3O4/c1-23-11-5-6-14-25(23)22-36(30(37)19-20-35-32(39)27-17-9-10-18-28(27)33(35)40)29(21-24-12-3-2-4-13-24)31(38)34-26-15-7-8-16-26/h2-6,9-14,26-29H,7-8,15-22H2,1H3,(H,34,38)/t27-,28+,29?. The number of rotatable bonds is 10. The predicted molar refractivity (Wildman–Crippen MR) is 153 cm³/mol. The molecular formula is C33H39N3O4. The van der Waals surface area contributed by atoms with E-state index in [1.807, 2.05) is 73.7 Å². The predicted octanol–water partition coefficient (Wildman–Crippen LogP) is 4.34. The molecule has 2 aromatic rings. The molecule has 1 saturated carbocycles. The van der Waals surface area contributed by atoms with E-state index in [9.17, 15) is 19.2 Å². The van der Waals surface area contributed by atoms with Crippen LogP contribution in [0.4, 0.5) is 0 Å². The van der Waals surface area contributed by atoms with Gasteiger partial charge in [-0.15, -0.1) is 0 Å². The Balaban J connectivity index is 1.39. The van der Waals surface area contributed by atoms with Crippen LogP contribution in [-0.4, -0.2) is 52.1 Å². The maximum absolute atomic E-state index is 14.0. The smallest absolute Gasteiger partial charge is 0.243 e. The zero-order valence-corrected chi connectivity index (χ0v) is 23.3. The number of amides is 4. The van der Waals surface area contributed by atoms with Crippen LogP contribution >= 0.6 is 0 Å². The molecule has 210 valence electrons. The molecule has 1 saturated heterocycles. The summed E-state index contributed by atoms with van der Waals surface area (Å²) in [7, 11) is 0. The first-order chi connectivity index (χ1) is 19.4. The third-order valence-electron chi connectivity index (χ3n) is 8.72. The fraction of sp³-hybridized carbons (Fsp3) is 0.455. The van der Waals surface area contributed by atoms with Crippen LogP contribution in [-0.2, 0) is 32.1 Å². The summed E-state index contributed by atoms with van der Waals surface area (Å²) in [6, 6.07) is 17.0. The minimum absolute atomic E-state index is 0.0156. The summed E-state index contributed by atoms with van der Waals surface area (Å²) < 4.78 is 0. The molecule has 40 heavy (non-hydrogen) atoms. The number of nitrogens with zero attached hydrogens (tertiary/aromatic N) is 2. The summed E-state index contributed by atoms with van der Waals surface area (Å²) in [5.74, 6) is -1.39. The molecule has 3 atom stereocenters. The average Bonchev–Trinajstić information content (AvgIpc) is 3.57. The Bertz CT molecular complexity index is 1240. The Morgan fingerprint density at radius 2 is 1.55 bits per heavy atom. The molecule has 0 radical (unpaired) electrons. The van der Waals surface area contributed by atoms with E-state index in [4.69, 9.17) is 0 Å².